The second-order valence-electron chi connectivity index (χ2n) is 13.9. The van der Waals surface area contributed by atoms with Crippen LogP contribution in [-0.4, -0.2) is 64.1 Å². The van der Waals surface area contributed by atoms with Gasteiger partial charge in [-0.05, 0) is 77.1 Å². The molecule has 2 aliphatic heterocycles. The van der Waals surface area contributed by atoms with E-state index < -0.39 is 22.6 Å². The summed E-state index contributed by atoms with van der Waals surface area (Å²) in [7, 11) is 0. The van der Waals surface area contributed by atoms with E-state index in [1.54, 1.807) is 40.3 Å². The number of fused-ring (bicyclic) bond motifs is 2. The van der Waals surface area contributed by atoms with Crippen molar-refractivity contribution in [2.75, 3.05) is 31.1 Å². The Morgan fingerprint density at radius 3 is 2.51 bits per heavy atom. The smallest absolute Gasteiger partial charge is 0.410 e. The maximum absolute atomic E-state index is 14.7. The summed E-state index contributed by atoms with van der Waals surface area (Å²) < 4.78 is 55.7. The minimum atomic E-state index is -4.46. The zero-order chi connectivity index (χ0) is 30.4. The van der Waals surface area contributed by atoms with Crippen LogP contribution >= 0.6 is 0 Å². The molecule has 1 aromatic carbocycles. The molecule has 226 valence electrons. The molecular weight excluding hydrogens is 561 g/mol. The summed E-state index contributed by atoms with van der Waals surface area (Å²) in [6.45, 7) is 6.69. The number of ether oxygens (including phenoxy) is 1. The summed E-state index contributed by atoms with van der Waals surface area (Å²) in [6.07, 6.45) is 0.0206. The molecule has 0 radical (unpaired) electrons. The molecule has 0 bridgehead atoms. The van der Waals surface area contributed by atoms with Crippen LogP contribution < -0.4 is 4.90 Å². The third-order valence-corrected chi connectivity index (χ3v) is 10.0. The van der Waals surface area contributed by atoms with Crippen molar-refractivity contribution < 1.29 is 27.1 Å². The number of carbonyl (C=O) groups is 1. The van der Waals surface area contributed by atoms with Crippen LogP contribution in [0.1, 0.15) is 76.1 Å². The average Bonchev–Trinajstić information content (AvgIpc) is 3.23. The summed E-state index contributed by atoms with van der Waals surface area (Å²) in [4.78, 5) is 20.2. The Balaban J connectivity index is 1.08. The first kappa shape index (κ1) is 27.9. The molecule has 2 aromatic heterocycles. The molecule has 4 heterocycles. The van der Waals surface area contributed by atoms with E-state index in [2.05, 4.69) is 21.3 Å². The summed E-state index contributed by atoms with van der Waals surface area (Å²) in [5, 5.41) is 18.7. The van der Waals surface area contributed by atoms with Crippen LogP contribution in [0, 0.1) is 22.2 Å². The number of carbonyl (C=O) groups excluding carboxylic acids is 1. The third-order valence-electron chi connectivity index (χ3n) is 10.0. The predicted octanol–water partition coefficient (Wildman–Crippen LogP) is 6.09. The lowest BCUT2D eigenvalue weighted by Gasteiger charge is -2.52. The maximum Gasteiger partial charge on any atom is 0.410 e. The number of alkyl halides is 3. The Morgan fingerprint density at radius 1 is 1.09 bits per heavy atom. The Hall–Kier alpha value is -3.88. The molecule has 9 nitrogen and oxygen atoms in total. The van der Waals surface area contributed by atoms with Gasteiger partial charge in [-0.25, -0.2) is 4.79 Å². The number of rotatable bonds is 3. The van der Waals surface area contributed by atoms with E-state index in [0.717, 1.165) is 25.7 Å². The van der Waals surface area contributed by atoms with E-state index in [1.807, 2.05) is 20.8 Å². The second kappa shape index (κ2) is 9.07. The highest BCUT2D eigenvalue weighted by atomic mass is 19.4. The highest BCUT2D eigenvalue weighted by molar-refractivity contribution is 5.95. The number of halogens is 3. The van der Waals surface area contributed by atoms with E-state index in [9.17, 15) is 23.2 Å². The number of hydrogen-bond acceptors (Lipinski definition) is 8. The zero-order valence-corrected chi connectivity index (χ0v) is 24.4. The molecule has 12 heteroatoms. The molecule has 3 aromatic rings. The van der Waals surface area contributed by atoms with Crippen molar-refractivity contribution in [3.63, 3.8) is 0 Å². The monoisotopic (exact) mass is 594 g/mol. The summed E-state index contributed by atoms with van der Waals surface area (Å²) in [6, 6.07) is 8.92. The lowest BCUT2D eigenvalue weighted by atomic mass is 9.66. The second-order valence-corrected chi connectivity index (χ2v) is 13.9. The largest absolute Gasteiger partial charge is 0.444 e. The van der Waals surface area contributed by atoms with E-state index in [0.29, 0.717) is 41.1 Å². The van der Waals surface area contributed by atoms with Gasteiger partial charge in [-0.2, -0.15) is 18.4 Å². The minimum Gasteiger partial charge on any atom is -0.444 e. The van der Waals surface area contributed by atoms with Gasteiger partial charge < -0.3 is 19.0 Å². The summed E-state index contributed by atoms with van der Waals surface area (Å²) in [5.74, 6) is 0.430. The van der Waals surface area contributed by atoms with Gasteiger partial charge in [-0.3, -0.25) is 4.98 Å². The van der Waals surface area contributed by atoms with Crippen molar-refractivity contribution in [1.29, 1.82) is 5.26 Å². The molecule has 2 saturated heterocycles. The molecule has 0 unspecified atom stereocenters. The van der Waals surface area contributed by atoms with Gasteiger partial charge in [0, 0.05) is 54.8 Å². The normalized spacial score (nSPS) is 26.7. The first-order chi connectivity index (χ1) is 20.3. The molecule has 4 aliphatic rings. The van der Waals surface area contributed by atoms with Crippen LogP contribution in [0.2, 0.25) is 0 Å². The Kier molecular flexibility index (Phi) is 5.89. The molecule has 43 heavy (non-hydrogen) atoms. The van der Waals surface area contributed by atoms with Gasteiger partial charge in [-0.15, -0.1) is 10.2 Å². The fourth-order valence-electron chi connectivity index (χ4n) is 7.70. The van der Waals surface area contributed by atoms with Gasteiger partial charge in [0.15, 0.2) is 0 Å². The number of aromatic nitrogens is 3. The molecule has 1 amide bonds. The van der Waals surface area contributed by atoms with Crippen LogP contribution in [-0.2, 0) is 10.2 Å². The molecule has 2 atom stereocenters. The van der Waals surface area contributed by atoms with Gasteiger partial charge in [-0.1, -0.05) is 0 Å². The van der Waals surface area contributed by atoms with Crippen LogP contribution in [0.5, 0.6) is 0 Å². The van der Waals surface area contributed by atoms with Crippen LogP contribution in [0.4, 0.5) is 23.7 Å². The number of piperidine rings is 1. The van der Waals surface area contributed by atoms with Gasteiger partial charge >= 0.3 is 12.3 Å². The molecule has 7 rings (SSSR count). The summed E-state index contributed by atoms with van der Waals surface area (Å²) >= 11 is 0. The van der Waals surface area contributed by atoms with Gasteiger partial charge in [0.05, 0.1) is 16.5 Å². The molecule has 2 saturated carbocycles. The van der Waals surface area contributed by atoms with E-state index >= 15 is 0 Å². The highest BCUT2D eigenvalue weighted by Gasteiger charge is 2.86. The summed E-state index contributed by atoms with van der Waals surface area (Å²) in [5.41, 5.74) is -2.36. The fraction of sp³-hybridized carbons (Fsp3) is 0.581. The number of anilines is 1. The predicted molar refractivity (Wildman–Crippen MR) is 149 cm³/mol. The molecule has 0 N–H and O–H groups in total. The maximum atomic E-state index is 14.7. The highest BCUT2D eigenvalue weighted by Crippen LogP contribution is 2.75. The quantitative estimate of drug-likeness (QED) is 0.358. The molecule has 2 aliphatic carbocycles. The van der Waals surface area contributed by atoms with Crippen molar-refractivity contribution >= 4 is 22.7 Å². The minimum absolute atomic E-state index is 0.0241. The fourth-order valence-corrected chi connectivity index (χ4v) is 7.70. The lowest BCUT2D eigenvalue weighted by molar-refractivity contribution is -0.187. The topological polar surface area (TPSA) is 108 Å². The Labute approximate surface area is 247 Å². The van der Waals surface area contributed by atoms with Crippen molar-refractivity contribution in [2.45, 2.75) is 76.0 Å². The third kappa shape index (κ3) is 4.25. The van der Waals surface area contributed by atoms with Gasteiger partial charge in [0.2, 0.25) is 11.8 Å². The number of benzene rings is 1. The Morgan fingerprint density at radius 2 is 1.84 bits per heavy atom. The van der Waals surface area contributed by atoms with Crippen molar-refractivity contribution in [1.82, 2.24) is 20.1 Å². The first-order valence-corrected chi connectivity index (χ1v) is 14.7. The number of likely N-dealkylation sites (tertiary alicyclic amines) is 1. The first-order valence-electron chi connectivity index (χ1n) is 14.7. The number of hydrogen-bond donors (Lipinski definition) is 0. The van der Waals surface area contributed by atoms with E-state index in [-0.39, 0.29) is 42.8 Å². The standard InChI is InChI=1S/C31H33F3N6O3/c1-27(2,3)43-26(41)40-15-28(16-40)10-8-19(9-11-28)24-37-38-25(42-24)29-14-30(29,31(32,33)34)18-39(17-29)22-7-6-20(13-35)23-21(22)5-4-12-36-23/h4-7,12,19H,8-11,14-18H2,1-3H3/t29-,30-/m0/s1. The number of pyridine rings is 1. The molecule has 1 spiro atoms. The Bertz CT molecular complexity index is 1640. The van der Waals surface area contributed by atoms with E-state index in [4.69, 9.17) is 9.15 Å². The SMILES string of the molecule is CC(C)(C)OC(=O)N1CC2(CCC(c3nnc([C@]45CN(c6ccc(C#N)c7ncccc67)C[C@@]4(C(F)(F)F)C5)o3)CC2)C1. The molecule has 4 fully saturated rings. The van der Waals surface area contributed by atoms with Gasteiger partial charge in [0.1, 0.15) is 17.1 Å². The average molecular weight is 595 g/mol. The van der Waals surface area contributed by atoms with E-state index in [1.165, 1.54) is 0 Å². The molecular formula is C31H33F3N6O3. The van der Waals surface area contributed by atoms with Crippen LogP contribution in [0.25, 0.3) is 10.9 Å². The van der Waals surface area contributed by atoms with Crippen LogP contribution in [0.15, 0.2) is 34.9 Å². The van der Waals surface area contributed by atoms with Gasteiger partial charge in [0.25, 0.3) is 0 Å². The van der Waals surface area contributed by atoms with Crippen molar-refractivity contribution in [3.05, 3.63) is 47.8 Å². The van der Waals surface area contributed by atoms with Crippen LogP contribution in [0.3, 0.4) is 0 Å². The lowest BCUT2D eigenvalue weighted by Crippen LogP contribution is -2.60. The number of amides is 1. The van der Waals surface area contributed by atoms with Crippen molar-refractivity contribution in [2.24, 2.45) is 10.8 Å². The van der Waals surface area contributed by atoms with Crippen molar-refractivity contribution in [3.8, 4) is 6.07 Å². The number of nitriles is 1. The number of nitrogens with zero attached hydrogens (tertiary/aromatic N) is 6. The zero-order valence-electron chi connectivity index (χ0n) is 24.4.